The second-order valence-electron chi connectivity index (χ2n) is 7.58. The zero-order chi connectivity index (χ0) is 18.7. The predicted molar refractivity (Wildman–Crippen MR) is 103 cm³/mol. The molecule has 0 radical (unpaired) electrons. The van der Waals surface area contributed by atoms with Gasteiger partial charge in [0.2, 0.25) is 0 Å². The molecule has 0 saturated heterocycles. The first kappa shape index (κ1) is 19.3. The first-order chi connectivity index (χ1) is 11.7. The summed E-state index contributed by atoms with van der Waals surface area (Å²) in [6.45, 7) is 11.9. The van der Waals surface area contributed by atoms with Crippen molar-refractivity contribution in [1.29, 1.82) is 0 Å². The lowest BCUT2D eigenvalue weighted by atomic mass is 9.90. The van der Waals surface area contributed by atoms with Crippen LogP contribution < -0.4 is 0 Å². The van der Waals surface area contributed by atoms with Crippen LogP contribution in [0.4, 0.5) is 0 Å². The van der Waals surface area contributed by atoms with Crippen LogP contribution >= 0.6 is 0 Å². The number of carbonyl (C=O) groups excluding carboxylic acids is 1. The van der Waals surface area contributed by atoms with E-state index >= 15 is 0 Å². The lowest BCUT2D eigenvalue weighted by molar-refractivity contribution is -0.148. The Bertz CT molecular complexity index is 759. The number of fused-ring (bicyclic) bond motifs is 1. The number of aryl methyl sites for hydroxylation is 2. The minimum absolute atomic E-state index is 0.0873. The number of phenolic OH excluding ortho intramolecular Hbond substituents is 1. The summed E-state index contributed by atoms with van der Waals surface area (Å²) >= 11 is 0. The van der Waals surface area contributed by atoms with Crippen LogP contribution in [0.5, 0.6) is 5.75 Å². The number of esters is 1. The zero-order valence-corrected chi connectivity index (χ0v) is 16.2. The molecule has 3 nitrogen and oxygen atoms in total. The van der Waals surface area contributed by atoms with Crippen molar-refractivity contribution in [2.75, 3.05) is 0 Å². The molecule has 1 N–H and O–H groups in total. The van der Waals surface area contributed by atoms with Crippen LogP contribution in [-0.2, 0) is 16.0 Å². The number of aromatic hydroxyl groups is 1. The van der Waals surface area contributed by atoms with Gasteiger partial charge in [-0.3, -0.25) is 4.79 Å². The number of carbonyl (C=O) groups is 1. The van der Waals surface area contributed by atoms with Crippen molar-refractivity contribution in [3.63, 3.8) is 0 Å². The topological polar surface area (TPSA) is 46.5 Å². The molecular weight excluding hydrogens is 312 g/mol. The monoisotopic (exact) mass is 342 g/mol. The summed E-state index contributed by atoms with van der Waals surface area (Å²) in [5.74, 6) is 0.686. The Kier molecular flexibility index (Phi) is 6.10. The Labute approximate surface area is 151 Å². The second-order valence-corrected chi connectivity index (χ2v) is 7.58. The van der Waals surface area contributed by atoms with Crippen molar-refractivity contribution in [1.82, 2.24) is 0 Å². The Morgan fingerprint density at radius 3 is 2.40 bits per heavy atom. The molecule has 0 amide bonds. The van der Waals surface area contributed by atoms with Crippen molar-refractivity contribution in [3.05, 3.63) is 41.0 Å². The van der Waals surface area contributed by atoms with Gasteiger partial charge in [-0.2, -0.15) is 0 Å². The van der Waals surface area contributed by atoms with E-state index in [-0.39, 0.29) is 23.9 Å². The van der Waals surface area contributed by atoms with E-state index in [0.717, 1.165) is 29.2 Å². The summed E-state index contributed by atoms with van der Waals surface area (Å²) < 4.78 is 5.47. The molecule has 1 atom stereocenters. The van der Waals surface area contributed by atoms with Gasteiger partial charge in [0.05, 0.1) is 0 Å². The van der Waals surface area contributed by atoms with Crippen molar-refractivity contribution in [2.24, 2.45) is 5.92 Å². The van der Waals surface area contributed by atoms with Crippen LogP contribution in [0, 0.1) is 12.8 Å². The fraction of sp³-hybridized carbons (Fsp3) is 0.500. The maximum Gasteiger partial charge on any atom is 0.302 e. The van der Waals surface area contributed by atoms with Gasteiger partial charge >= 0.3 is 5.97 Å². The number of phenols is 1. The van der Waals surface area contributed by atoms with Crippen LogP contribution in [0.3, 0.4) is 0 Å². The average Bonchev–Trinajstić information content (AvgIpc) is 2.51. The van der Waals surface area contributed by atoms with Crippen LogP contribution in [0.1, 0.15) is 63.6 Å². The van der Waals surface area contributed by atoms with Crippen LogP contribution in [0.25, 0.3) is 10.8 Å². The van der Waals surface area contributed by atoms with E-state index < -0.39 is 0 Å². The molecule has 2 aromatic carbocycles. The van der Waals surface area contributed by atoms with E-state index in [2.05, 4.69) is 52.8 Å². The molecule has 0 fully saturated rings. The van der Waals surface area contributed by atoms with Gasteiger partial charge in [0.15, 0.2) is 0 Å². The van der Waals surface area contributed by atoms with E-state index in [1.54, 1.807) is 0 Å². The van der Waals surface area contributed by atoms with Gasteiger partial charge in [-0.05, 0) is 71.2 Å². The Hall–Kier alpha value is -2.03. The van der Waals surface area contributed by atoms with E-state index in [1.807, 2.05) is 6.07 Å². The number of hydrogen-bond donors (Lipinski definition) is 1. The van der Waals surface area contributed by atoms with Crippen LogP contribution in [0.15, 0.2) is 24.3 Å². The maximum absolute atomic E-state index is 11.3. The van der Waals surface area contributed by atoms with Crippen molar-refractivity contribution < 1.29 is 14.6 Å². The van der Waals surface area contributed by atoms with Crippen LogP contribution in [0.2, 0.25) is 0 Å². The fourth-order valence-corrected chi connectivity index (χ4v) is 3.37. The largest absolute Gasteiger partial charge is 0.508 e. The Balaban J connectivity index is 2.38. The highest BCUT2D eigenvalue weighted by atomic mass is 16.5. The molecule has 25 heavy (non-hydrogen) atoms. The first-order valence-corrected chi connectivity index (χ1v) is 9.13. The number of ether oxygens (including phenoxy) is 1. The van der Waals surface area contributed by atoms with E-state index in [4.69, 9.17) is 4.74 Å². The van der Waals surface area contributed by atoms with Gasteiger partial charge in [0.25, 0.3) is 0 Å². The third-order valence-electron chi connectivity index (χ3n) is 4.87. The van der Waals surface area contributed by atoms with Crippen molar-refractivity contribution >= 4 is 16.7 Å². The maximum atomic E-state index is 11.3. The van der Waals surface area contributed by atoms with Gasteiger partial charge in [-0.25, -0.2) is 0 Å². The smallest absolute Gasteiger partial charge is 0.302 e. The highest BCUT2D eigenvalue weighted by Crippen LogP contribution is 2.34. The lowest BCUT2D eigenvalue weighted by Gasteiger charge is -2.22. The van der Waals surface area contributed by atoms with Crippen LogP contribution in [-0.4, -0.2) is 17.2 Å². The summed E-state index contributed by atoms with van der Waals surface area (Å²) in [4.78, 5) is 11.3. The zero-order valence-electron chi connectivity index (χ0n) is 16.2. The summed E-state index contributed by atoms with van der Waals surface area (Å²) in [5, 5.41) is 12.6. The van der Waals surface area contributed by atoms with Gasteiger partial charge in [-0.15, -0.1) is 0 Å². The van der Waals surface area contributed by atoms with Crippen molar-refractivity contribution in [3.8, 4) is 5.75 Å². The molecule has 0 saturated carbocycles. The SMILES string of the molecule is CC(=O)OC(CCc1c(C)ccc2cc(C(C)C)c(O)cc12)C(C)C. The molecule has 1 unspecified atom stereocenters. The highest BCUT2D eigenvalue weighted by Gasteiger charge is 2.18. The highest BCUT2D eigenvalue weighted by molar-refractivity contribution is 5.89. The number of benzene rings is 2. The van der Waals surface area contributed by atoms with Gasteiger partial charge in [0, 0.05) is 6.92 Å². The number of hydrogen-bond acceptors (Lipinski definition) is 3. The summed E-state index contributed by atoms with van der Waals surface area (Å²) in [6.07, 6.45) is 1.51. The number of rotatable bonds is 6. The molecule has 0 aliphatic carbocycles. The first-order valence-electron chi connectivity index (χ1n) is 9.13. The minimum atomic E-state index is -0.229. The van der Waals surface area contributed by atoms with E-state index in [0.29, 0.717) is 5.75 Å². The lowest BCUT2D eigenvalue weighted by Crippen LogP contribution is -2.23. The Morgan fingerprint density at radius 1 is 1.16 bits per heavy atom. The molecule has 2 rings (SSSR count). The standard InChI is InChI=1S/C22H30O3/c1-13(2)19-11-17-8-7-15(5)18(20(17)12-21(19)24)9-10-22(14(3)4)25-16(6)23/h7-8,11-14,22,24H,9-10H2,1-6H3. The molecule has 2 aromatic rings. The molecule has 136 valence electrons. The van der Waals surface area contributed by atoms with Gasteiger partial charge < -0.3 is 9.84 Å². The van der Waals surface area contributed by atoms with Gasteiger partial charge in [-0.1, -0.05) is 39.8 Å². The van der Waals surface area contributed by atoms with E-state index in [9.17, 15) is 9.90 Å². The molecule has 0 aliphatic heterocycles. The third kappa shape index (κ3) is 4.53. The summed E-state index contributed by atoms with van der Waals surface area (Å²) in [6, 6.07) is 8.23. The Morgan fingerprint density at radius 2 is 1.84 bits per heavy atom. The quantitative estimate of drug-likeness (QED) is 0.705. The van der Waals surface area contributed by atoms with E-state index in [1.165, 1.54) is 18.1 Å². The fourth-order valence-electron chi connectivity index (χ4n) is 3.37. The molecule has 0 aliphatic rings. The van der Waals surface area contributed by atoms with Crippen molar-refractivity contribution in [2.45, 2.75) is 66.4 Å². The molecule has 0 spiro atoms. The normalized spacial score (nSPS) is 12.8. The molecular formula is C22H30O3. The average molecular weight is 342 g/mol. The summed E-state index contributed by atoms with van der Waals surface area (Å²) in [5.41, 5.74) is 3.40. The summed E-state index contributed by atoms with van der Waals surface area (Å²) in [7, 11) is 0. The second kappa shape index (κ2) is 7.90. The third-order valence-corrected chi connectivity index (χ3v) is 4.87. The molecule has 0 bridgehead atoms. The van der Waals surface area contributed by atoms with Gasteiger partial charge in [0.1, 0.15) is 11.9 Å². The predicted octanol–water partition coefficient (Wildman–Crippen LogP) is 5.50. The molecule has 3 heteroatoms. The molecule has 0 aromatic heterocycles. The minimum Gasteiger partial charge on any atom is -0.508 e. The molecule has 0 heterocycles.